The van der Waals surface area contributed by atoms with Gasteiger partial charge in [-0.1, -0.05) is 42.0 Å². The monoisotopic (exact) mass is 305 g/mol. The minimum absolute atomic E-state index is 0.733. The van der Waals surface area contributed by atoms with E-state index in [2.05, 4.69) is 59.2 Å². The van der Waals surface area contributed by atoms with E-state index in [1.165, 1.54) is 16.7 Å². The molecule has 0 N–H and O–H groups in total. The van der Waals surface area contributed by atoms with Crippen LogP contribution in [0.1, 0.15) is 22.3 Å². The molecule has 2 aromatic rings. The number of hydrogen-bond donors (Lipinski definition) is 0. The summed E-state index contributed by atoms with van der Waals surface area (Å²) in [5.41, 5.74) is 4.76. The molecule has 3 heteroatoms. The van der Waals surface area contributed by atoms with Crippen LogP contribution in [0.25, 0.3) is 0 Å². The zero-order valence-corrected chi connectivity index (χ0v) is 13.7. The Morgan fingerprint density at radius 3 is 2.04 bits per heavy atom. The normalized spacial score (nSPS) is 16.2. The van der Waals surface area contributed by atoms with Gasteiger partial charge in [-0.3, -0.25) is 9.80 Å². The van der Waals surface area contributed by atoms with Crippen molar-refractivity contribution in [3.63, 3.8) is 0 Å². The molecule has 0 saturated carbocycles. The summed E-state index contributed by atoms with van der Waals surface area (Å²) in [4.78, 5) is 5.03. The molecule has 0 spiro atoms. The van der Waals surface area contributed by atoms with Gasteiger partial charge in [0.2, 0.25) is 0 Å². The summed E-state index contributed by atoms with van der Waals surface area (Å²) in [5.74, 6) is 0. The SMILES string of the molecule is Cc1cccc(CN2CCN(Cc3ccc(C#N)cc3)CC2)c1. The second-order valence-electron chi connectivity index (χ2n) is 6.35. The standard InChI is InChI=1S/C20H23N3/c1-17-3-2-4-20(13-17)16-23-11-9-22(10-12-23)15-19-7-5-18(14-21)6-8-19/h2-8,13H,9-12,15-16H2,1H3. The Bertz CT molecular complexity index is 677. The van der Waals surface area contributed by atoms with Gasteiger partial charge in [-0.15, -0.1) is 0 Å². The van der Waals surface area contributed by atoms with Crippen LogP contribution in [0.2, 0.25) is 0 Å². The van der Waals surface area contributed by atoms with E-state index in [-0.39, 0.29) is 0 Å². The van der Waals surface area contributed by atoms with E-state index in [0.29, 0.717) is 0 Å². The van der Waals surface area contributed by atoms with Gasteiger partial charge in [0.15, 0.2) is 0 Å². The van der Waals surface area contributed by atoms with Gasteiger partial charge in [0.25, 0.3) is 0 Å². The molecule has 0 aliphatic carbocycles. The fourth-order valence-corrected chi connectivity index (χ4v) is 3.12. The highest BCUT2D eigenvalue weighted by atomic mass is 15.3. The Hall–Kier alpha value is -2.15. The number of rotatable bonds is 4. The summed E-state index contributed by atoms with van der Waals surface area (Å²) in [7, 11) is 0. The molecule has 3 rings (SSSR count). The Labute approximate surface area is 138 Å². The van der Waals surface area contributed by atoms with Gasteiger partial charge in [0.1, 0.15) is 0 Å². The predicted molar refractivity (Wildman–Crippen MR) is 92.9 cm³/mol. The van der Waals surface area contributed by atoms with Crippen molar-refractivity contribution in [3.05, 3.63) is 70.8 Å². The molecule has 1 aliphatic heterocycles. The molecular formula is C20H23N3. The van der Waals surface area contributed by atoms with Crippen molar-refractivity contribution in [2.75, 3.05) is 26.2 Å². The van der Waals surface area contributed by atoms with E-state index in [4.69, 9.17) is 5.26 Å². The van der Waals surface area contributed by atoms with Gasteiger partial charge in [0, 0.05) is 39.3 Å². The highest BCUT2D eigenvalue weighted by Gasteiger charge is 2.17. The number of piperazine rings is 1. The van der Waals surface area contributed by atoms with Crippen LogP contribution in [0.3, 0.4) is 0 Å². The first-order chi connectivity index (χ1) is 11.2. The summed E-state index contributed by atoms with van der Waals surface area (Å²) in [6.45, 7) is 8.61. The smallest absolute Gasteiger partial charge is 0.0991 e. The molecule has 2 aromatic carbocycles. The van der Waals surface area contributed by atoms with Crippen molar-refractivity contribution in [1.29, 1.82) is 5.26 Å². The van der Waals surface area contributed by atoms with E-state index in [9.17, 15) is 0 Å². The third-order valence-electron chi connectivity index (χ3n) is 4.44. The first kappa shape index (κ1) is 15.7. The minimum atomic E-state index is 0.733. The number of hydrogen-bond acceptors (Lipinski definition) is 3. The van der Waals surface area contributed by atoms with Gasteiger partial charge in [-0.25, -0.2) is 0 Å². The summed E-state index contributed by atoms with van der Waals surface area (Å²) >= 11 is 0. The van der Waals surface area contributed by atoms with Crippen LogP contribution in [-0.2, 0) is 13.1 Å². The highest BCUT2D eigenvalue weighted by molar-refractivity contribution is 5.31. The van der Waals surface area contributed by atoms with E-state index in [0.717, 1.165) is 44.8 Å². The van der Waals surface area contributed by atoms with Crippen molar-refractivity contribution in [1.82, 2.24) is 9.80 Å². The van der Waals surface area contributed by atoms with Crippen LogP contribution in [0.5, 0.6) is 0 Å². The Kier molecular flexibility index (Phi) is 5.07. The zero-order valence-electron chi connectivity index (χ0n) is 13.7. The lowest BCUT2D eigenvalue weighted by molar-refractivity contribution is 0.122. The molecule has 0 atom stereocenters. The van der Waals surface area contributed by atoms with Crippen LogP contribution in [-0.4, -0.2) is 36.0 Å². The lowest BCUT2D eigenvalue weighted by atomic mass is 10.1. The molecule has 118 valence electrons. The maximum absolute atomic E-state index is 8.85. The second-order valence-corrected chi connectivity index (χ2v) is 6.35. The lowest BCUT2D eigenvalue weighted by Gasteiger charge is -2.34. The number of nitrogens with zero attached hydrogens (tertiary/aromatic N) is 3. The molecule has 0 unspecified atom stereocenters. The molecule has 1 saturated heterocycles. The molecule has 1 heterocycles. The quantitative estimate of drug-likeness (QED) is 0.869. The number of benzene rings is 2. The molecular weight excluding hydrogens is 282 g/mol. The minimum Gasteiger partial charge on any atom is -0.297 e. The summed E-state index contributed by atoms with van der Waals surface area (Å²) in [6, 6.07) is 18.9. The number of nitriles is 1. The van der Waals surface area contributed by atoms with E-state index < -0.39 is 0 Å². The maximum atomic E-state index is 8.85. The van der Waals surface area contributed by atoms with E-state index >= 15 is 0 Å². The van der Waals surface area contributed by atoms with Gasteiger partial charge < -0.3 is 0 Å². The third kappa shape index (κ3) is 4.41. The fraction of sp³-hybridized carbons (Fsp3) is 0.350. The Balaban J connectivity index is 1.49. The van der Waals surface area contributed by atoms with Crippen molar-refractivity contribution in [2.45, 2.75) is 20.0 Å². The summed E-state index contributed by atoms with van der Waals surface area (Å²) in [5, 5.41) is 8.85. The molecule has 0 bridgehead atoms. The molecule has 0 aromatic heterocycles. The van der Waals surface area contributed by atoms with Gasteiger partial charge >= 0.3 is 0 Å². The summed E-state index contributed by atoms with van der Waals surface area (Å²) < 4.78 is 0. The topological polar surface area (TPSA) is 30.3 Å². The van der Waals surface area contributed by atoms with E-state index in [1.807, 2.05) is 12.1 Å². The van der Waals surface area contributed by atoms with Crippen LogP contribution >= 0.6 is 0 Å². The molecule has 3 nitrogen and oxygen atoms in total. The van der Waals surface area contributed by atoms with Crippen LogP contribution in [0.4, 0.5) is 0 Å². The van der Waals surface area contributed by atoms with Crippen LogP contribution < -0.4 is 0 Å². The average Bonchev–Trinajstić information content (AvgIpc) is 2.57. The Morgan fingerprint density at radius 1 is 0.870 bits per heavy atom. The first-order valence-electron chi connectivity index (χ1n) is 8.22. The van der Waals surface area contributed by atoms with Crippen molar-refractivity contribution in [2.24, 2.45) is 0 Å². The lowest BCUT2D eigenvalue weighted by Crippen LogP contribution is -2.45. The van der Waals surface area contributed by atoms with Gasteiger partial charge in [0.05, 0.1) is 11.6 Å². The largest absolute Gasteiger partial charge is 0.297 e. The van der Waals surface area contributed by atoms with E-state index in [1.54, 1.807) is 0 Å². The molecule has 0 amide bonds. The van der Waals surface area contributed by atoms with Gasteiger partial charge in [-0.05, 0) is 30.2 Å². The van der Waals surface area contributed by atoms with Crippen LogP contribution in [0.15, 0.2) is 48.5 Å². The van der Waals surface area contributed by atoms with Crippen molar-refractivity contribution < 1.29 is 0 Å². The Morgan fingerprint density at radius 2 is 1.48 bits per heavy atom. The van der Waals surface area contributed by atoms with Crippen LogP contribution in [0, 0.1) is 18.3 Å². The molecule has 1 aliphatic rings. The van der Waals surface area contributed by atoms with Crippen molar-refractivity contribution >= 4 is 0 Å². The molecule has 1 fully saturated rings. The third-order valence-corrected chi connectivity index (χ3v) is 4.44. The zero-order chi connectivity index (χ0) is 16.1. The summed E-state index contributed by atoms with van der Waals surface area (Å²) in [6.07, 6.45) is 0. The average molecular weight is 305 g/mol. The second kappa shape index (κ2) is 7.41. The van der Waals surface area contributed by atoms with Gasteiger partial charge in [-0.2, -0.15) is 5.26 Å². The maximum Gasteiger partial charge on any atom is 0.0991 e. The number of aryl methyl sites for hydroxylation is 1. The first-order valence-corrected chi connectivity index (χ1v) is 8.22. The fourth-order valence-electron chi connectivity index (χ4n) is 3.12. The van der Waals surface area contributed by atoms with Crippen molar-refractivity contribution in [3.8, 4) is 6.07 Å². The predicted octanol–water partition coefficient (Wildman–Crippen LogP) is 3.18. The molecule has 0 radical (unpaired) electrons. The molecule has 23 heavy (non-hydrogen) atoms. The highest BCUT2D eigenvalue weighted by Crippen LogP contribution is 2.13.